The van der Waals surface area contributed by atoms with Gasteiger partial charge >= 0.3 is 5.97 Å². The molecule has 0 fully saturated rings. The zero-order valence-corrected chi connectivity index (χ0v) is 17.9. The lowest BCUT2D eigenvalue weighted by molar-refractivity contribution is 0.0734. The minimum Gasteiger partial charge on any atom is -0.494 e. The van der Waals surface area contributed by atoms with Crippen molar-refractivity contribution >= 4 is 5.97 Å². The number of carbonyl (C=O) groups excluding carboxylic acids is 1. The summed E-state index contributed by atoms with van der Waals surface area (Å²) in [5.74, 6) is 0.942. The molecule has 0 aliphatic heterocycles. The van der Waals surface area contributed by atoms with Gasteiger partial charge in [0.2, 0.25) is 0 Å². The normalized spacial score (nSPS) is 10.6. The summed E-state index contributed by atoms with van der Waals surface area (Å²) in [6, 6.07) is 23.1. The van der Waals surface area contributed by atoms with Gasteiger partial charge in [0.1, 0.15) is 11.5 Å². The summed E-state index contributed by atoms with van der Waals surface area (Å²) in [6.45, 7) is 4.99. The number of unbranched alkanes of at least 4 members (excludes halogenated alkanes) is 4. The van der Waals surface area contributed by atoms with Gasteiger partial charge in [0, 0.05) is 0 Å². The van der Waals surface area contributed by atoms with Gasteiger partial charge in [0.25, 0.3) is 0 Å². The average Bonchev–Trinajstić information content (AvgIpc) is 2.78. The lowest BCUT2D eigenvalue weighted by Crippen LogP contribution is -2.08. The zero-order chi connectivity index (χ0) is 21.2. The maximum Gasteiger partial charge on any atom is 0.343 e. The lowest BCUT2D eigenvalue weighted by atomic mass is 10.0. The van der Waals surface area contributed by atoms with Gasteiger partial charge in [0.05, 0.1) is 12.2 Å². The molecule has 0 heterocycles. The number of esters is 1. The summed E-state index contributed by atoms with van der Waals surface area (Å²) in [4.78, 5) is 12.4. The summed E-state index contributed by atoms with van der Waals surface area (Å²) in [5, 5.41) is 0. The Morgan fingerprint density at radius 1 is 0.700 bits per heavy atom. The molecule has 3 rings (SSSR count). The predicted molar refractivity (Wildman–Crippen MR) is 122 cm³/mol. The molecule has 0 spiro atoms. The van der Waals surface area contributed by atoms with Gasteiger partial charge < -0.3 is 9.47 Å². The van der Waals surface area contributed by atoms with E-state index in [1.165, 1.54) is 31.2 Å². The van der Waals surface area contributed by atoms with Gasteiger partial charge in [-0.25, -0.2) is 4.79 Å². The first-order valence-electron chi connectivity index (χ1n) is 10.8. The number of hydrogen-bond donors (Lipinski definition) is 0. The van der Waals surface area contributed by atoms with E-state index >= 15 is 0 Å². The van der Waals surface area contributed by atoms with Crippen LogP contribution < -0.4 is 9.47 Å². The minimum atomic E-state index is -0.371. The summed E-state index contributed by atoms with van der Waals surface area (Å²) in [7, 11) is 0. The predicted octanol–water partition coefficient (Wildman–Crippen LogP) is 7.23. The molecule has 0 atom stereocenters. The first-order chi connectivity index (χ1) is 14.7. The van der Waals surface area contributed by atoms with Gasteiger partial charge in [-0.2, -0.15) is 0 Å². The van der Waals surface area contributed by atoms with Crippen LogP contribution in [0.5, 0.6) is 11.5 Å². The zero-order valence-electron chi connectivity index (χ0n) is 17.9. The highest BCUT2D eigenvalue weighted by atomic mass is 16.5. The Balaban J connectivity index is 1.50. The Morgan fingerprint density at radius 2 is 1.27 bits per heavy atom. The highest BCUT2D eigenvalue weighted by Crippen LogP contribution is 2.23. The molecule has 0 N–H and O–H groups in total. The fourth-order valence-corrected chi connectivity index (χ4v) is 3.21. The Bertz CT molecular complexity index is 910. The second-order valence-corrected chi connectivity index (χ2v) is 7.57. The third-order valence-corrected chi connectivity index (χ3v) is 5.06. The van der Waals surface area contributed by atoms with Gasteiger partial charge in [-0.1, -0.05) is 74.6 Å². The van der Waals surface area contributed by atoms with Crippen LogP contribution in [0.4, 0.5) is 0 Å². The van der Waals surface area contributed by atoms with E-state index in [4.69, 9.17) is 9.47 Å². The van der Waals surface area contributed by atoms with Crippen molar-refractivity contribution in [3.05, 3.63) is 83.9 Å². The number of rotatable bonds is 10. The third-order valence-electron chi connectivity index (χ3n) is 5.06. The second kappa shape index (κ2) is 11.2. The highest BCUT2D eigenvalue weighted by Gasteiger charge is 2.09. The molecule has 0 amide bonds. The Kier molecular flexibility index (Phi) is 8.08. The van der Waals surface area contributed by atoms with Crippen LogP contribution in [0.2, 0.25) is 0 Å². The molecule has 0 aliphatic rings. The van der Waals surface area contributed by atoms with E-state index in [0.29, 0.717) is 17.9 Å². The van der Waals surface area contributed by atoms with E-state index in [9.17, 15) is 4.79 Å². The molecular weight excluding hydrogens is 372 g/mol. The SMILES string of the molecule is CCCCCCCOc1ccc(C(=O)Oc2ccc(-c3ccc(C)cc3)cc2)cc1. The molecule has 0 aliphatic carbocycles. The summed E-state index contributed by atoms with van der Waals surface area (Å²) >= 11 is 0. The quantitative estimate of drug-likeness (QED) is 0.204. The van der Waals surface area contributed by atoms with E-state index in [-0.39, 0.29) is 5.97 Å². The number of aryl methyl sites for hydroxylation is 1. The summed E-state index contributed by atoms with van der Waals surface area (Å²) in [5.41, 5.74) is 3.96. The van der Waals surface area contributed by atoms with Crippen molar-refractivity contribution in [2.75, 3.05) is 6.61 Å². The molecule has 0 saturated heterocycles. The van der Waals surface area contributed by atoms with Crippen molar-refractivity contribution in [1.29, 1.82) is 0 Å². The minimum absolute atomic E-state index is 0.371. The Hall–Kier alpha value is -3.07. The smallest absolute Gasteiger partial charge is 0.343 e. The average molecular weight is 403 g/mol. The van der Waals surface area contributed by atoms with E-state index in [1.54, 1.807) is 12.1 Å². The third kappa shape index (κ3) is 6.48. The van der Waals surface area contributed by atoms with Crippen molar-refractivity contribution in [3.8, 4) is 22.6 Å². The topological polar surface area (TPSA) is 35.5 Å². The van der Waals surface area contributed by atoms with E-state index in [0.717, 1.165) is 23.3 Å². The first kappa shape index (κ1) is 21.6. The first-order valence-corrected chi connectivity index (χ1v) is 10.8. The fraction of sp³-hybridized carbons (Fsp3) is 0.296. The Labute approximate surface area is 179 Å². The van der Waals surface area contributed by atoms with Crippen LogP contribution in [-0.4, -0.2) is 12.6 Å². The van der Waals surface area contributed by atoms with Crippen molar-refractivity contribution in [2.24, 2.45) is 0 Å². The molecule has 30 heavy (non-hydrogen) atoms. The van der Waals surface area contributed by atoms with Gasteiger partial charge in [-0.15, -0.1) is 0 Å². The Morgan fingerprint density at radius 3 is 1.90 bits per heavy atom. The monoisotopic (exact) mass is 402 g/mol. The molecule has 0 saturated carbocycles. The van der Waals surface area contributed by atoms with Crippen LogP contribution in [0.25, 0.3) is 11.1 Å². The molecule has 0 aromatic heterocycles. The van der Waals surface area contributed by atoms with E-state index < -0.39 is 0 Å². The standard InChI is InChI=1S/C27H30O3/c1-3-4-5-6-7-20-29-25-16-14-24(15-17-25)27(28)30-26-18-12-23(13-19-26)22-10-8-21(2)9-11-22/h8-19H,3-7,20H2,1-2H3. The van der Waals surface area contributed by atoms with Gasteiger partial charge in [-0.3, -0.25) is 0 Å². The van der Waals surface area contributed by atoms with Crippen molar-refractivity contribution in [3.63, 3.8) is 0 Å². The molecule has 156 valence electrons. The molecule has 3 nitrogen and oxygen atoms in total. The molecule has 0 unspecified atom stereocenters. The number of carbonyl (C=O) groups is 1. The largest absolute Gasteiger partial charge is 0.494 e. The molecule has 0 radical (unpaired) electrons. The van der Waals surface area contributed by atoms with Crippen LogP contribution in [-0.2, 0) is 0 Å². The van der Waals surface area contributed by atoms with Crippen LogP contribution in [0.3, 0.4) is 0 Å². The molecule has 3 aromatic rings. The number of ether oxygens (including phenoxy) is 2. The number of hydrogen-bond acceptors (Lipinski definition) is 3. The molecule has 3 aromatic carbocycles. The second-order valence-electron chi connectivity index (χ2n) is 7.57. The van der Waals surface area contributed by atoms with Crippen molar-refractivity contribution in [2.45, 2.75) is 46.0 Å². The highest BCUT2D eigenvalue weighted by molar-refractivity contribution is 5.91. The van der Waals surface area contributed by atoms with Gasteiger partial charge in [-0.05, 0) is 60.9 Å². The lowest BCUT2D eigenvalue weighted by Gasteiger charge is -2.08. The van der Waals surface area contributed by atoms with Crippen molar-refractivity contribution in [1.82, 2.24) is 0 Å². The van der Waals surface area contributed by atoms with Crippen molar-refractivity contribution < 1.29 is 14.3 Å². The fourth-order valence-electron chi connectivity index (χ4n) is 3.21. The molecule has 0 bridgehead atoms. The summed E-state index contributed by atoms with van der Waals surface area (Å²) < 4.78 is 11.3. The van der Waals surface area contributed by atoms with Gasteiger partial charge in [0.15, 0.2) is 0 Å². The molecule has 3 heteroatoms. The van der Waals surface area contributed by atoms with Crippen LogP contribution in [0.1, 0.15) is 54.9 Å². The number of benzene rings is 3. The van der Waals surface area contributed by atoms with E-state index in [1.807, 2.05) is 36.4 Å². The van der Waals surface area contributed by atoms with E-state index in [2.05, 4.69) is 38.1 Å². The van der Waals surface area contributed by atoms with Crippen LogP contribution >= 0.6 is 0 Å². The summed E-state index contributed by atoms with van der Waals surface area (Å²) in [6.07, 6.45) is 6.04. The van der Waals surface area contributed by atoms with Crippen LogP contribution in [0.15, 0.2) is 72.8 Å². The van der Waals surface area contributed by atoms with Crippen LogP contribution in [0, 0.1) is 6.92 Å². The maximum absolute atomic E-state index is 12.4. The maximum atomic E-state index is 12.4. The molecular formula is C27H30O3.